The molecule has 0 saturated carbocycles. The van der Waals surface area contributed by atoms with Gasteiger partial charge in [0.25, 0.3) is 5.91 Å². The maximum Gasteiger partial charge on any atom is 0.255 e. The molecule has 29 heavy (non-hydrogen) atoms. The molecule has 1 aliphatic rings. The second kappa shape index (κ2) is 7.46. The van der Waals surface area contributed by atoms with Gasteiger partial charge in [0.1, 0.15) is 0 Å². The summed E-state index contributed by atoms with van der Waals surface area (Å²) in [5, 5.41) is 3.09. The third-order valence-electron chi connectivity index (χ3n) is 5.11. The zero-order valence-electron chi connectivity index (χ0n) is 16.6. The summed E-state index contributed by atoms with van der Waals surface area (Å²) in [7, 11) is 1.56. The topological polar surface area (TPSA) is 116 Å². The third kappa shape index (κ3) is 3.49. The molecule has 0 spiro atoms. The van der Waals surface area contributed by atoms with Gasteiger partial charge in [-0.2, -0.15) is 0 Å². The molecule has 3 heterocycles. The van der Waals surface area contributed by atoms with Gasteiger partial charge in [-0.15, -0.1) is 0 Å². The lowest BCUT2D eigenvalue weighted by Crippen LogP contribution is -2.37. The van der Waals surface area contributed by atoms with Gasteiger partial charge in [-0.3, -0.25) is 9.78 Å². The molecule has 0 unspecified atom stereocenters. The molecule has 1 aromatic carbocycles. The Bertz CT molecular complexity index is 1100. The van der Waals surface area contributed by atoms with Gasteiger partial charge >= 0.3 is 0 Å². The number of nitrogens with two attached hydrogens (primary N) is 1. The highest BCUT2D eigenvalue weighted by Gasteiger charge is 2.30. The molecule has 0 fully saturated rings. The smallest absolute Gasteiger partial charge is 0.255 e. The van der Waals surface area contributed by atoms with Gasteiger partial charge in [-0.25, -0.2) is 15.0 Å². The lowest BCUT2D eigenvalue weighted by Gasteiger charge is -2.28. The number of fused-ring (bicyclic) bond motifs is 1. The number of nitrogen functional groups attached to an aromatic ring is 1. The van der Waals surface area contributed by atoms with Crippen LogP contribution < -0.4 is 15.8 Å². The Hall–Kier alpha value is -3.55. The van der Waals surface area contributed by atoms with Crippen molar-refractivity contribution in [3.8, 4) is 17.1 Å². The predicted molar refractivity (Wildman–Crippen MR) is 108 cm³/mol. The van der Waals surface area contributed by atoms with Crippen molar-refractivity contribution in [2.75, 3.05) is 12.8 Å². The first kappa shape index (κ1) is 18.8. The van der Waals surface area contributed by atoms with Crippen LogP contribution in [0.4, 0.5) is 5.95 Å². The number of aryl methyl sites for hydroxylation is 2. The monoisotopic (exact) mass is 390 g/mol. The number of hydrogen-bond acceptors (Lipinski definition) is 7. The van der Waals surface area contributed by atoms with E-state index in [0.717, 1.165) is 17.5 Å². The highest BCUT2D eigenvalue weighted by atomic mass is 16.5. The van der Waals surface area contributed by atoms with E-state index in [4.69, 9.17) is 10.5 Å². The van der Waals surface area contributed by atoms with Crippen LogP contribution >= 0.6 is 0 Å². The van der Waals surface area contributed by atoms with Crippen LogP contribution in [0, 0.1) is 6.92 Å². The van der Waals surface area contributed by atoms with Crippen molar-refractivity contribution in [3.05, 3.63) is 58.7 Å². The minimum atomic E-state index is -0.266. The normalized spacial score (nSPS) is 15.6. The summed E-state index contributed by atoms with van der Waals surface area (Å²) in [6.45, 7) is 3.86. The largest absolute Gasteiger partial charge is 0.480 e. The molecule has 2 aromatic heterocycles. The summed E-state index contributed by atoms with van der Waals surface area (Å²) in [6.07, 6.45) is 4.66. The van der Waals surface area contributed by atoms with Crippen molar-refractivity contribution in [1.29, 1.82) is 0 Å². The van der Waals surface area contributed by atoms with E-state index in [-0.39, 0.29) is 17.9 Å². The van der Waals surface area contributed by atoms with Crippen LogP contribution in [0.3, 0.4) is 0 Å². The Balaban J connectivity index is 1.82. The van der Waals surface area contributed by atoms with Crippen LogP contribution in [0.15, 0.2) is 30.6 Å². The predicted octanol–water partition coefficient (Wildman–Crippen LogP) is 2.42. The summed E-state index contributed by atoms with van der Waals surface area (Å²) in [6, 6.07) is 5.91. The lowest BCUT2D eigenvalue weighted by molar-refractivity contribution is 0.0922. The maximum atomic E-state index is 12.8. The number of carbonyl (C=O) groups excluding carboxylic acids is 1. The minimum Gasteiger partial charge on any atom is -0.480 e. The highest BCUT2D eigenvalue weighted by Crippen LogP contribution is 2.33. The standard InChI is InChI=1S/C21H22N6O2/c1-4-12-5-6-13(14(7-12)17-9-23-10-18(25-17)29-3)15-8-16-19(20(28)26-15)11(2)24-21(22)27-16/h5-7,9-10,15H,4,8H2,1-3H3,(H,26,28)(H2,22,24,27)/t15-/m1/s1. The molecule has 8 heteroatoms. The van der Waals surface area contributed by atoms with Gasteiger partial charge in [0.2, 0.25) is 11.8 Å². The first-order valence-electron chi connectivity index (χ1n) is 9.43. The Labute approximate surface area is 168 Å². The number of nitrogens with one attached hydrogen (secondary N) is 1. The number of aromatic nitrogens is 4. The molecular weight excluding hydrogens is 368 g/mol. The zero-order valence-corrected chi connectivity index (χ0v) is 16.6. The maximum absolute atomic E-state index is 12.8. The van der Waals surface area contributed by atoms with Gasteiger partial charge in [-0.1, -0.05) is 19.1 Å². The number of carbonyl (C=O) groups is 1. The molecule has 148 valence electrons. The second-order valence-electron chi connectivity index (χ2n) is 6.94. The van der Waals surface area contributed by atoms with Crippen LogP contribution in [0.1, 0.15) is 45.8 Å². The van der Waals surface area contributed by atoms with Crippen LogP contribution in [0.2, 0.25) is 0 Å². The van der Waals surface area contributed by atoms with E-state index in [1.807, 2.05) is 6.07 Å². The average molecular weight is 390 g/mol. The lowest BCUT2D eigenvalue weighted by atomic mass is 9.89. The Kier molecular flexibility index (Phi) is 4.84. The van der Waals surface area contributed by atoms with E-state index in [2.05, 4.69) is 44.3 Å². The molecular formula is C21H22N6O2. The summed E-state index contributed by atoms with van der Waals surface area (Å²) in [5.41, 5.74) is 11.3. The fourth-order valence-electron chi connectivity index (χ4n) is 3.69. The number of anilines is 1. The van der Waals surface area contributed by atoms with Crippen molar-refractivity contribution in [2.24, 2.45) is 0 Å². The highest BCUT2D eigenvalue weighted by molar-refractivity contribution is 5.98. The number of nitrogens with zero attached hydrogens (tertiary/aromatic N) is 4. The van der Waals surface area contributed by atoms with Crippen molar-refractivity contribution in [3.63, 3.8) is 0 Å². The summed E-state index contributed by atoms with van der Waals surface area (Å²) in [5.74, 6) is 0.412. The summed E-state index contributed by atoms with van der Waals surface area (Å²) < 4.78 is 5.23. The Morgan fingerprint density at radius 2 is 2.07 bits per heavy atom. The molecule has 1 atom stereocenters. The Morgan fingerprint density at radius 1 is 1.24 bits per heavy atom. The van der Waals surface area contributed by atoms with Crippen molar-refractivity contribution in [2.45, 2.75) is 32.7 Å². The molecule has 1 amide bonds. The molecule has 1 aliphatic heterocycles. The molecule has 0 aliphatic carbocycles. The van der Waals surface area contributed by atoms with Crippen LogP contribution in [0.25, 0.3) is 11.3 Å². The van der Waals surface area contributed by atoms with Gasteiger partial charge in [-0.05, 0) is 30.5 Å². The van der Waals surface area contributed by atoms with Crippen LogP contribution in [-0.2, 0) is 12.8 Å². The number of hydrogen-bond donors (Lipinski definition) is 2. The van der Waals surface area contributed by atoms with E-state index >= 15 is 0 Å². The SMILES string of the molecule is CCc1ccc([C@H]2Cc3nc(N)nc(C)c3C(=O)N2)c(-c2cncc(OC)n2)c1. The van der Waals surface area contributed by atoms with Crippen molar-refractivity contribution >= 4 is 11.9 Å². The van der Waals surface area contributed by atoms with Crippen LogP contribution in [0.5, 0.6) is 5.88 Å². The first-order valence-corrected chi connectivity index (χ1v) is 9.43. The molecule has 0 saturated heterocycles. The van der Waals surface area contributed by atoms with E-state index in [1.54, 1.807) is 26.4 Å². The Morgan fingerprint density at radius 3 is 2.83 bits per heavy atom. The molecule has 4 rings (SSSR count). The minimum absolute atomic E-state index is 0.176. The van der Waals surface area contributed by atoms with Gasteiger partial charge in [0.05, 0.1) is 48.2 Å². The first-order chi connectivity index (χ1) is 14.0. The summed E-state index contributed by atoms with van der Waals surface area (Å²) in [4.78, 5) is 30.0. The quantitative estimate of drug-likeness (QED) is 0.703. The second-order valence-corrected chi connectivity index (χ2v) is 6.94. The molecule has 3 aromatic rings. The fraction of sp³-hybridized carbons (Fsp3) is 0.286. The number of benzene rings is 1. The average Bonchev–Trinajstić information content (AvgIpc) is 2.72. The molecule has 0 bridgehead atoms. The number of rotatable bonds is 4. The third-order valence-corrected chi connectivity index (χ3v) is 5.11. The number of amides is 1. The van der Waals surface area contributed by atoms with Crippen molar-refractivity contribution in [1.82, 2.24) is 25.3 Å². The zero-order chi connectivity index (χ0) is 20.5. The molecule has 0 radical (unpaired) electrons. The van der Waals surface area contributed by atoms with Gasteiger partial charge in [0.15, 0.2) is 0 Å². The van der Waals surface area contributed by atoms with E-state index in [9.17, 15) is 4.79 Å². The van der Waals surface area contributed by atoms with E-state index in [1.165, 1.54) is 5.56 Å². The van der Waals surface area contributed by atoms with E-state index in [0.29, 0.717) is 34.9 Å². The fourth-order valence-corrected chi connectivity index (χ4v) is 3.69. The number of methoxy groups -OCH3 is 1. The number of ether oxygens (including phenoxy) is 1. The summed E-state index contributed by atoms with van der Waals surface area (Å²) >= 11 is 0. The van der Waals surface area contributed by atoms with E-state index < -0.39 is 0 Å². The van der Waals surface area contributed by atoms with Gasteiger partial charge in [0, 0.05) is 12.0 Å². The van der Waals surface area contributed by atoms with Crippen molar-refractivity contribution < 1.29 is 9.53 Å². The van der Waals surface area contributed by atoms with Crippen LogP contribution in [-0.4, -0.2) is 33.0 Å². The molecule has 8 nitrogen and oxygen atoms in total. The molecule has 3 N–H and O–H groups in total. The van der Waals surface area contributed by atoms with Gasteiger partial charge < -0.3 is 15.8 Å².